The first kappa shape index (κ1) is 7.73. The molecule has 0 aromatic carbocycles. The van der Waals surface area contributed by atoms with Crippen molar-refractivity contribution >= 4 is 0 Å². The molecule has 0 saturated heterocycles. The Morgan fingerprint density at radius 3 is 2.83 bits per heavy atom. The fourth-order valence-electron chi connectivity index (χ4n) is 1.13. The van der Waals surface area contributed by atoms with Crippen LogP contribution in [0.4, 0.5) is 0 Å². The van der Waals surface area contributed by atoms with Crippen LogP contribution in [-0.4, -0.2) is 19.0 Å². The van der Waals surface area contributed by atoms with Crippen LogP contribution < -0.4 is 0 Å². The first-order valence-corrected chi connectivity index (χ1v) is 3.80. The third kappa shape index (κ3) is 1.22. The number of ether oxygens (including phenoxy) is 1. The lowest BCUT2D eigenvalue weighted by Gasteiger charge is -2.30. The van der Waals surface area contributed by atoms with Crippen molar-refractivity contribution < 1.29 is 14.5 Å². The van der Waals surface area contributed by atoms with Crippen LogP contribution in [0.5, 0.6) is 0 Å². The average molecular weight is 166 g/mol. The molecule has 3 aliphatic rings. The van der Waals surface area contributed by atoms with E-state index in [0.717, 1.165) is 0 Å². The molecule has 0 fully saturated rings. The molecule has 3 nitrogen and oxygen atoms in total. The van der Waals surface area contributed by atoms with E-state index in [1.54, 1.807) is 13.2 Å². The van der Waals surface area contributed by atoms with Gasteiger partial charge in [-0.25, -0.2) is 4.89 Å². The van der Waals surface area contributed by atoms with Crippen molar-refractivity contribution in [3.63, 3.8) is 0 Å². The molecule has 2 atom stereocenters. The van der Waals surface area contributed by atoms with E-state index in [0.29, 0.717) is 0 Å². The SMILES string of the molecule is COC12C=CC=CC(C=C1)OO2. The Morgan fingerprint density at radius 2 is 2.17 bits per heavy atom. The lowest BCUT2D eigenvalue weighted by atomic mass is 10.1. The van der Waals surface area contributed by atoms with Crippen LogP contribution in [-0.2, 0) is 14.5 Å². The van der Waals surface area contributed by atoms with Crippen molar-refractivity contribution in [3.8, 4) is 0 Å². The highest BCUT2D eigenvalue weighted by Gasteiger charge is 2.31. The lowest BCUT2D eigenvalue weighted by molar-refractivity contribution is -0.406. The van der Waals surface area contributed by atoms with Gasteiger partial charge in [0.2, 0.25) is 5.79 Å². The molecule has 0 aromatic rings. The molecule has 12 heavy (non-hydrogen) atoms. The van der Waals surface area contributed by atoms with Gasteiger partial charge in [0.05, 0.1) is 0 Å². The smallest absolute Gasteiger partial charge is 0.240 e. The molecule has 2 heterocycles. The summed E-state index contributed by atoms with van der Waals surface area (Å²) in [4.78, 5) is 10.1. The molecule has 1 aliphatic carbocycles. The first-order valence-electron chi connectivity index (χ1n) is 3.80. The molecule has 64 valence electrons. The van der Waals surface area contributed by atoms with Crippen LogP contribution >= 0.6 is 0 Å². The van der Waals surface area contributed by atoms with Gasteiger partial charge in [-0.1, -0.05) is 12.2 Å². The normalized spacial score (nSPS) is 38.2. The number of hydrogen-bond donors (Lipinski definition) is 0. The maximum Gasteiger partial charge on any atom is 0.240 e. The molecule has 2 aliphatic heterocycles. The molecule has 2 bridgehead atoms. The molecule has 0 saturated carbocycles. The van der Waals surface area contributed by atoms with Crippen LogP contribution in [0.2, 0.25) is 0 Å². The van der Waals surface area contributed by atoms with Crippen molar-refractivity contribution in [2.45, 2.75) is 11.9 Å². The second-order valence-electron chi connectivity index (χ2n) is 2.67. The zero-order chi connectivity index (χ0) is 8.44. The predicted molar refractivity (Wildman–Crippen MR) is 43.1 cm³/mol. The summed E-state index contributed by atoms with van der Waals surface area (Å²) in [5.41, 5.74) is 0. The number of hydrogen-bond acceptors (Lipinski definition) is 3. The van der Waals surface area contributed by atoms with Gasteiger partial charge in [-0.3, -0.25) is 0 Å². The molecular weight excluding hydrogens is 156 g/mol. The minimum absolute atomic E-state index is 0.0989. The van der Waals surface area contributed by atoms with Crippen molar-refractivity contribution in [3.05, 3.63) is 36.5 Å². The molecule has 0 radical (unpaired) electrons. The van der Waals surface area contributed by atoms with E-state index in [1.807, 2.05) is 30.4 Å². The van der Waals surface area contributed by atoms with Crippen molar-refractivity contribution in [1.82, 2.24) is 0 Å². The summed E-state index contributed by atoms with van der Waals surface area (Å²) >= 11 is 0. The zero-order valence-electron chi connectivity index (χ0n) is 6.77. The Kier molecular flexibility index (Phi) is 1.84. The third-order valence-corrected chi connectivity index (χ3v) is 1.87. The molecule has 3 heteroatoms. The van der Waals surface area contributed by atoms with Crippen LogP contribution in [0.1, 0.15) is 0 Å². The van der Waals surface area contributed by atoms with Gasteiger partial charge in [-0.05, 0) is 24.3 Å². The Hall–Kier alpha value is -0.900. The van der Waals surface area contributed by atoms with Crippen molar-refractivity contribution in [1.29, 1.82) is 0 Å². The van der Waals surface area contributed by atoms with E-state index in [-0.39, 0.29) is 6.10 Å². The number of methoxy groups -OCH3 is 1. The summed E-state index contributed by atoms with van der Waals surface area (Å²) in [5.74, 6) is -0.832. The third-order valence-electron chi connectivity index (χ3n) is 1.87. The summed E-state index contributed by atoms with van der Waals surface area (Å²) in [7, 11) is 1.57. The Labute approximate surface area is 70.8 Å². The van der Waals surface area contributed by atoms with Crippen LogP contribution in [0.3, 0.4) is 0 Å². The van der Waals surface area contributed by atoms with Gasteiger partial charge in [0.15, 0.2) is 0 Å². The van der Waals surface area contributed by atoms with Gasteiger partial charge in [0.25, 0.3) is 0 Å². The summed E-state index contributed by atoms with van der Waals surface area (Å²) in [6.07, 6.45) is 11.1. The van der Waals surface area contributed by atoms with E-state index >= 15 is 0 Å². The fraction of sp³-hybridized carbons (Fsp3) is 0.333. The highest BCUT2D eigenvalue weighted by molar-refractivity contribution is 5.22. The minimum atomic E-state index is -0.832. The molecular formula is C9H10O3. The fourth-order valence-corrected chi connectivity index (χ4v) is 1.13. The average Bonchev–Trinajstić information content (AvgIpc) is 2.07. The van der Waals surface area contributed by atoms with Gasteiger partial charge in [-0.15, -0.1) is 0 Å². The van der Waals surface area contributed by atoms with Gasteiger partial charge >= 0.3 is 0 Å². The first-order chi connectivity index (χ1) is 5.85. The maximum atomic E-state index is 5.15. The summed E-state index contributed by atoms with van der Waals surface area (Å²) in [6.45, 7) is 0. The van der Waals surface area contributed by atoms with E-state index in [1.165, 1.54) is 0 Å². The van der Waals surface area contributed by atoms with Crippen molar-refractivity contribution in [2.24, 2.45) is 0 Å². The van der Waals surface area contributed by atoms with Crippen LogP contribution in [0.15, 0.2) is 36.5 Å². The predicted octanol–water partition coefficient (Wildman–Crippen LogP) is 1.34. The van der Waals surface area contributed by atoms with Gasteiger partial charge in [-0.2, -0.15) is 4.89 Å². The standard InChI is InChI=1S/C9H10O3/c1-10-9-6-3-2-4-8(5-7-9)11-12-9/h2-8H,1H3. The van der Waals surface area contributed by atoms with E-state index < -0.39 is 5.79 Å². The summed E-state index contributed by atoms with van der Waals surface area (Å²) in [5, 5.41) is 0. The van der Waals surface area contributed by atoms with Crippen LogP contribution in [0, 0.1) is 0 Å². The molecule has 2 unspecified atom stereocenters. The topological polar surface area (TPSA) is 27.7 Å². The maximum absolute atomic E-state index is 5.15. The molecule has 0 spiro atoms. The largest absolute Gasteiger partial charge is 0.344 e. The molecule has 0 aromatic heterocycles. The zero-order valence-corrected chi connectivity index (χ0v) is 6.77. The van der Waals surface area contributed by atoms with E-state index in [9.17, 15) is 0 Å². The monoisotopic (exact) mass is 166 g/mol. The minimum Gasteiger partial charge on any atom is -0.344 e. The summed E-state index contributed by atoms with van der Waals surface area (Å²) in [6, 6.07) is 0. The summed E-state index contributed by atoms with van der Waals surface area (Å²) < 4.78 is 5.15. The Bertz CT molecular complexity index is 254. The van der Waals surface area contributed by atoms with Crippen molar-refractivity contribution in [2.75, 3.05) is 7.11 Å². The van der Waals surface area contributed by atoms with Gasteiger partial charge < -0.3 is 4.74 Å². The van der Waals surface area contributed by atoms with Gasteiger partial charge in [0, 0.05) is 7.11 Å². The van der Waals surface area contributed by atoms with Gasteiger partial charge in [0.1, 0.15) is 6.10 Å². The highest BCUT2D eigenvalue weighted by Crippen LogP contribution is 2.24. The quantitative estimate of drug-likeness (QED) is 0.434. The number of allylic oxidation sites excluding steroid dienone is 2. The second kappa shape index (κ2) is 2.86. The highest BCUT2D eigenvalue weighted by atomic mass is 17.2. The lowest BCUT2D eigenvalue weighted by Crippen LogP contribution is -2.36. The molecule has 0 N–H and O–H groups in total. The Balaban J connectivity index is 2.35. The number of rotatable bonds is 1. The van der Waals surface area contributed by atoms with Crippen LogP contribution in [0.25, 0.3) is 0 Å². The molecule has 0 amide bonds. The van der Waals surface area contributed by atoms with E-state index in [2.05, 4.69) is 0 Å². The Morgan fingerprint density at radius 1 is 1.25 bits per heavy atom. The molecule has 3 rings (SSSR count). The van der Waals surface area contributed by atoms with E-state index in [4.69, 9.17) is 14.5 Å². The number of fused-ring (bicyclic) bond motifs is 2. The second-order valence-corrected chi connectivity index (χ2v) is 2.67.